The fraction of sp³-hybridized carbons (Fsp3) is 0.905. The summed E-state index contributed by atoms with van der Waals surface area (Å²) in [6.07, 6.45) is -9.14. The molecule has 316 valence electrons. The molecule has 0 aromatic rings. The van der Waals surface area contributed by atoms with E-state index in [2.05, 4.69) is 61.1 Å². The molecule has 0 aromatic carbocycles. The second-order valence-electron chi connectivity index (χ2n) is 19.6. The maximum atomic E-state index is 12.2. The molecule has 0 bridgehead atoms. The lowest BCUT2D eigenvalue weighted by molar-refractivity contribution is -0.383. The summed E-state index contributed by atoms with van der Waals surface area (Å²) < 4.78 is 24.1. The van der Waals surface area contributed by atoms with Gasteiger partial charge in [0.1, 0.15) is 48.8 Å². The summed E-state index contributed by atoms with van der Waals surface area (Å²) in [5, 5.41) is 97.6. The van der Waals surface area contributed by atoms with E-state index in [1.165, 1.54) is 11.1 Å². The summed E-state index contributed by atoms with van der Waals surface area (Å²) in [7, 11) is 0. The van der Waals surface area contributed by atoms with E-state index in [4.69, 9.17) is 18.9 Å². The number of fused-ring (bicyclic) bond motifs is 5. The predicted octanol–water partition coefficient (Wildman–Crippen LogP) is 1.93. The van der Waals surface area contributed by atoms with Gasteiger partial charge in [0.2, 0.25) is 0 Å². The van der Waals surface area contributed by atoms with Crippen LogP contribution in [-0.2, 0) is 18.9 Å². The summed E-state index contributed by atoms with van der Waals surface area (Å²) in [4.78, 5) is 0. The van der Waals surface area contributed by atoms with Gasteiger partial charge >= 0.3 is 0 Å². The van der Waals surface area contributed by atoms with Gasteiger partial charge in [-0.1, -0.05) is 58.4 Å². The van der Waals surface area contributed by atoms with Crippen molar-refractivity contribution >= 4 is 0 Å². The highest BCUT2D eigenvalue weighted by molar-refractivity contribution is 5.23. The Balaban J connectivity index is 1.25. The van der Waals surface area contributed by atoms with Gasteiger partial charge in [-0.3, -0.25) is 0 Å². The molecule has 4 saturated carbocycles. The molecular weight excluding hydrogens is 712 g/mol. The molecule has 2 saturated heterocycles. The standard InChI is InChI=1S/C42H70O13/c1-20(2)10-9-11-21(3)22-12-14-42(8)29(22)23(45)16-28-40(6)17-24(46)36(39(4,5)27(40)13-15-41(28,42)7)55-38-35(33(50)31(48)26(19-44)53-38)54-37-34(51)32(49)30(47)25(18-43)52-37/h10,22-38,43-51H,3,9,11-19H2,1-2,4-8H3/t22-,23-,24-,25-,26-,27+,28-,29+,30-,31-,32+,33+,34-,35-,36+,37+,38+,40+,41-,42-/m1/s1. The molecule has 13 heteroatoms. The molecule has 0 radical (unpaired) electrons. The van der Waals surface area contributed by atoms with E-state index in [0.29, 0.717) is 12.8 Å². The minimum Gasteiger partial charge on any atom is -0.394 e. The van der Waals surface area contributed by atoms with Crippen LogP contribution in [-0.4, -0.2) is 139 Å². The smallest absolute Gasteiger partial charge is 0.187 e. The van der Waals surface area contributed by atoms with E-state index in [1.54, 1.807) is 0 Å². The Morgan fingerprint density at radius 1 is 0.727 bits per heavy atom. The molecule has 0 aromatic heterocycles. The number of aliphatic hydroxyl groups is 9. The van der Waals surface area contributed by atoms with Crippen LogP contribution in [0, 0.1) is 45.3 Å². The van der Waals surface area contributed by atoms with Crippen LogP contribution < -0.4 is 0 Å². The minimum atomic E-state index is -1.80. The lowest BCUT2D eigenvalue weighted by Gasteiger charge is -2.71. The molecule has 6 fully saturated rings. The Morgan fingerprint density at radius 3 is 1.95 bits per heavy atom. The van der Waals surface area contributed by atoms with Gasteiger partial charge < -0.3 is 64.9 Å². The van der Waals surface area contributed by atoms with E-state index in [0.717, 1.165) is 38.5 Å². The highest BCUT2D eigenvalue weighted by Gasteiger charge is 2.71. The second-order valence-corrected chi connectivity index (χ2v) is 19.6. The van der Waals surface area contributed by atoms with Gasteiger partial charge in [-0.05, 0) is 111 Å². The van der Waals surface area contributed by atoms with Gasteiger partial charge in [0.25, 0.3) is 0 Å². The zero-order valence-electron chi connectivity index (χ0n) is 33.8. The minimum absolute atomic E-state index is 0.0487. The van der Waals surface area contributed by atoms with Crippen molar-refractivity contribution in [3.8, 4) is 0 Å². The van der Waals surface area contributed by atoms with Crippen molar-refractivity contribution in [1.29, 1.82) is 0 Å². The van der Waals surface area contributed by atoms with Crippen LogP contribution in [0.25, 0.3) is 0 Å². The Labute approximate surface area is 326 Å². The summed E-state index contributed by atoms with van der Waals surface area (Å²) in [6.45, 7) is 18.6. The normalized spacial score (nSPS) is 52.1. The molecule has 6 rings (SSSR count). The number of hydrogen-bond donors (Lipinski definition) is 9. The molecule has 0 unspecified atom stereocenters. The number of rotatable bonds is 10. The molecule has 0 amide bonds. The Bertz CT molecular complexity index is 1400. The SMILES string of the molecule is C=C(CCC=C(C)C)[C@H]1CC[C@]2(C)[C@@H]1[C@H](O)C[C@@H]1[C@@]3(C)C[C@@H](O)[C@H](O[C@@H]4O[C@H](CO)[C@@H](O)[C@H](O)[C@H]4O[C@@H]4O[C@H](CO)[C@@H](O)[C@H](O)[C@H]4O)C(C)(C)[C@@H]3CC[C@]12C. The molecule has 6 aliphatic rings. The zero-order valence-corrected chi connectivity index (χ0v) is 33.8. The van der Waals surface area contributed by atoms with Crippen molar-refractivity contribution in [2.24, 2.45) is 45.3 Å². The van der Waals surface area contributed by atoms with Crippen molar-refractivity contribution in [3.63, 3.8) is 0 Å². The third-order valence-corrected chi connectivity index (χ3v) is 16.1. The van der Waals surface area contributed by atoms with Crippen LogP contribution in [0.1, 0.15) is 99.8 Å². The first-order valence-electron chi connectivity index (χ1n) is 20.6. The van der Waals surface area contributed by atoms with Gasteiger partial charge in [0.15, 0.2) is 12.6 Å². The van der Waals surface area contributed by atoms with Crippen LogP contribution in [0.3, 0.4) is 0 Å². The van der Waals surface area contributed by atoms with Crippen molar-refractivity contribution in [2.75, 3.05) is 13.2 Å². The van der Waals surface area contributed by atoms with Crippen LogP contribution in [0.4, 0.5) is 0 Å². The van der Waals surface area contributed by atoms with E-state index < -0.39 is 98.4 Å². The summed E-state index contributed by atoms with van der Waals surface area (Å²) >= 11 is 0. The largest absolute Gasteiger partial charge is 0.394 e. The molecule has 2 heterocycles. The van der Waals surface area contributed by atoms with Crippen LogP contribution >= 0.6 is 0 Å². The van der Waals surface area contributed by atoms with Gasteiger partial charge in [-0.25, -0.2) is 0 Å². The average Bonchev–Trinajstić information content (AvgIpc) is 3.49. The lowest BCUT2D eigenvalue weighted by Crippen LogP contribution is -2.69. The molecule has 13 nitrogen and oxygen atoms in total. The number of ether oxygens (including phenoxy) is 4. The quantitative estimate of drug-likeness (QED) is 0.115. The predicted molar refractivity (Wildman–Crippen MR) is 201 cm³/mol. The Hall–Kier alpha value is -1.04. The van der Waals surface area contributed by atoms with E-state index >= 15 is 0 Å². The second kappa shape index (κ2) is 15.9. The van der Waals surface area contributed by atoms with Crippen LogP contribution in [0.15, 0.2) is 23.8 Å². The van der Waals surface area contributed by atoms with Crippen molar-refractivity contribution in [1.82, 2.24) is 0 Å². The highest BCUT2D eigenvalue weighted by atomic mass is 16.8. The van der Waals surface area contributed by atoms with Gasteiger partial charge in [0, 0.05) is 0 Å². The molecule has 2 aliphatic heterocycles. The van der Waals surface area contributed by atoms with Gasteiger partial charge in [0.05, 0.1) is 31.5 Å². The first-order valence-corrected chi connectivity index (χ1v) is 20.6. The van der Waals surface area contributed by atoms with E-state index in [1.807, 2.05) is 0 Å². The lowest BCUT2D eigenvalue weighted by atomic mass is 9.35. The summed E-state index contributed by atoms with van der Waals surface area (Å²) in [5.41, 5.74) is 1.28. The van der Waals surface area contributed by atoms with Crippen LogP contribution in [0.2, 0.25) is 0 Å². The average molecular weight is 783 g/mol. The first-order chi connectivity index (χ1) is 25.7. The molecule has 0 spiro atoms. The monoisotopic (exact) mass is 782 g/mol. The maximum absolute atomic E-state index is 12.2. The van der Waals surface area contributed by atoms with E-state index in [9.17, 15) is 46.0 Å². The Kier molecular flexibility index (Phi) is 12.6. The fourth-order valence-corrected chi connectivity index (χ4v) is 13.1. The number of allylic oxidation sites excluding steroid dienone is 3. The molecule has 9 N–H and O–H groups in total. The topological polar surface area (TPSA) is 219 Å². The molecule has 4 aliphatic carbocycles. The van der Waals surface area contributed by atoms with Crippen LogP contribution in [0.5, 0.6) is 0 Å². The highest BCUT2D eigenvalue weighted by Crippen LogP contribution is 2.75. The Morgan fingerprint density at radius 2 is 1.33 bits per heavy atom. The number of aliphatic hydroxyl groups excluding tert-OH is 9. The number of hydrogen-bond acceptors (Lipinski definition) is 13. The molecule has 20 atom stereocenters. The van der Waals surface area contributed by atoms with Gasteiger partial charge in [-0.2, -0.15) is 0 Å². The van der Waals surface area contributed by atoms with Crippen molar-refractivity contribution in [2.45, 2.75) is 180 Å². The molecule has 55 heavy (non-hydrogen) atoms. The third-order valence-electron chi connectivity index (χ3n) is 16.1. The summed E-state index contributed by atoms with van der Waals surface area (Å²) in [5.74, 6) is 0.556. The summed E-state index contributed by atoms with van der Waals surface area (Å²) in [6, 6.07) is 0. The third kappa shape index (κ3) is 7.12. The van der Waals surface area contributed by atoms with E-state index in [-0.39, 0.29) is 39.9 Å². The zero-order chi connectivity index (χ0) is 40.6. The fourth-order valence-electron chi connectivity index (χ4n) is 13.1. The first kappa shape index (κ1) is 43.5. The van der Waals surface area contributed by atoms with Crippen molar-refractivity contribution in [3.05, 3.63) is 23.8 Å². The maximum Gasteiger partial charge on any atom is 0.187 e. The molecular formula is C42H70O13. The van der Waals surface area contributed by atoms with Crippen molar-refractivity contribution < 1.29 is 64.9 Å². The van der Waals surface area contributed by atoms with Gasteiger partial charge in [-0.15, -0.1) is 0 Å².